The Labute approximate surface area is 226 Å². The monoisotopic (exact) mass is 525 g/mol. The molecule has 8 heteroatoms. The third kappa shape index (κ3) is 8.85. The lowest BCUT2D eigenvalue weighted by Crippen LogP contribution is -2.43. The van der Waals surface area contributed by atoms with Crippen molar-refractivity contribution >= 4 is 24.0 Å². The number of hydrogen-bond acceptors (Lipinski definition) is 6. The van der Waals surface area contributed by atoms with E-state index >= 15 is 0 Å². The van der Waals surface area contributed by atoms with Crippen molar-refractivity contribution in [1.82, 2.24) is 15.5 Å². The molecule has 0 aliphatic carbocycles. The highest BCUT2D eigenvalue weighted by molar-refractivity contribution is 6.23. The Kier molecular flexibility index (Phi) is 13.9. The Balaban J connectivity index is 1.92. The van der Waals surface area contributed by atoms with Crippen LogP contribution in [0.2, 0.25) is 0 Å². The molecule has 1 aliphatic heterocycles. The standard InChI is InChI=1S/C30H43N3O5/c1-4-6-7-8-9-10-11-12-13-20-32-27(35)22-38-26-19-14-17-23-28(26)30(37)33(29(23)36)25(18-15-21-34)24(31-3)16-5-2/h4,14,16-17,19,21,25,31H,1,5-13,15,18,20,22H2,2-3H3,(H,32,35)/b24-16-. The molecular weight excluding hydrogens is 482 g/mol. The van der Waals surface area contributed by atoms with E-state index in [1.807, 2.05) is 19.1 Å². The molecule has 0 fully saturated rings. The molecule has 0 aromatic heterocycles. The van der Waals surface area contributed by atoms with Crippen molar-refractivity contribution in [2.45, 2.75) is 83.6 Å². The molecule has 8 nitrogen and oxygen atoms in total. The number of unbranched alkanes of at least 4 members (excludes halogenated alkanes) is 7. The summed E-state index contributed by atoms with van der Waals surface area (Å²) >= 11 is 0. The maximum atomic E-state index is 13.4. The number of benzene rings is 1. The average molecular weight is 526 g/mol. The highest BCUT2D eigenvalue weighted by atomic mass is 16.5. The van der Waals surface area contributed by atoms with Gasteiger partial charge < -0.3 is 20.2 Å². The van der Waals surface area contributed by atoms with Gasteiger partial charge in [0.25, 0.3) is 17.7 Å². The van der Waals surface area contributed by atoms with E-state index in [9.17, 15) is 19.2 Å². The van der Waals surface area contributed by atoms with Crippen LogP contribution in [-0.4, -0.2) is 55.1 Å². The van der Waals surface area contributed by atoms with E-state index in [1.165, 1.54) is 30.6 Å². The van der Waals surface area contributed by atoms with Gasteiger partial charge >= 0.3 is 0 Å². The van der Waals surface area contributed by atoms with Crippen LogP contribution < -0.4 is 15.4 Å². The van der Waals surface area contributed by atoms with Gasteiger partial charge in [0.2, 0.25) is 0 Å². The first-order valence-electron chi connectivity index (χ1n) is 13.8. The molecule has 0 saturated heterocycles. The molecule has 1 aromatic carbocycles. The van der Waals surface area contributed by atoms with E-state index in [0.29, 0.717) is 25.1 Å². The fourth-order valence-corrected chi connectivity index (χ4v) is 4.67. The fourth-order valence-electron chi connectivity index (χ4n) is 4.67. The number of allylic oxidation sites excluding steroid dienone is 2. The first-order valence-corrected chi connectivity index (χ1v) is 13.8. The van der Waals surface area contributed by atoms with Gasteiger partial charge in [-0.25, -0.2) is 0 Å². The topological polar surface area (TPSA) is 105 Å². The summed E-state index contributed by atoms with van der Waals surface area (Å²) in [7, 11) is 1.73. The number of likely N-dealkylation sites (N-methyl/N-ethyl adjacent to an activating group) is 1. The molecule has 1 aromatic rings. The highest BCUT2D eigenvalue weighted by Crippen LogP contribution is 2.34. The zero-order chi connectivity index (χ0) is 27.8. The number of amides is 3. The van der Waals surface area contributed by atoms with E-state index in [-0.39, 0.29) is 35.8 Å². The lowest BCUT2D eigenvalue weighted by Gasteiger charge is -2.28. The quantitative estimate of drug-likeness (QED) is 0.108. The van der Waals surface area contributed by atoms with Crippen LogP contribution in [0.15, 0.2) is 42.6 Å². The summed E-state index contributed by atoms with van der Waals surface area (Å²) < 4.78 is 5.71. The number of rotatable bonds is 20. The molecule has 1 atom stereocenters. The van der Waals surface area contributed by atoms with Crippen LogP contribution in [-0.2, 0) is 9.59 Å². The van der Waals surface area contributed by atoms with Crippen LogP contribution in [0.25, 0.3) is 0 Å². The van der Waals surface area contributed by atoms with Crippen molar-refractivity contribution in [1.29, 1.82) is 0 Å². The second-order valence-electron chi connectivity index (χ2n) is 9.43. The van der Waals surface area contributed by atoms with Gasteiger partial charge in [-0.2, -0.15) is 0 Å². The van der Waals surface area contributed by atoms with Gasteiger partial charge in [-0.3, -0.25) is 19.3 Å². The minimum absolute atomic E-state index is 0.154. The number of hydrogen-bond donors (Lipinski definition) is 2. The minimum atomic E-state index is -0.596. The third-order valence-electron chi connectivity index (χ3n) is 6.62. The molecular formula is C30H43N3O5. The van der Waals surface area contributed by atoms with Crippen LogP contribution in [0.3, 0.4) is 0 Å². The Hall–Kier alpha value is -3.42. The van der Waals surface area contributed by atoms with Gasteiger partial charge in [0.05, 0.1) is 17.2 Å². The largest absolute Gasteiger partial charge is 0.483 e. The zero-order valence-corrected chi connectivity index (χ0v) is 22.9. The summed E-state index contributed by atoms with van der Waals surface area (Å²) in [5.41, 5.74) is 1.10. The molecule has 1 heterocycles. The molecule has 1 aliphatic rings. The van der Waals surface area contributed by atoms with Gasteiger partial charge in [0, 0.05) is 25.7 Å². The Morgan fingerprint density at radius 1 is 1.05 bits per heavy atom. The maximum absolute atomic E-state index is 13.4. The van der Waals surface area contributed by atoms with Crippen LogP contribution in [0.5, 0.6) is 5.75 Å². The van der Waals surface area contributed by atoms with Gasteiger partial charge in [-0.05, 0) is 44.2 Å². The Morgan fingerprint density at radius 2 is 1.76 bits per heavy atom. The molecule has 0 radical (unpaired) electrons. The molecule has 2 N–H and O–H groups in total. The maximum Gasteiger partial charge on any atom is 0.265 e. The smallest absolute Gasteiger partial charge is 0.265 e. The van der Waals surface area contributed by atoms with E-state index < -0.39 is 17.9 Å². The summed E-state index contributed by atoms with van der Waals surface area (Å²) in [5, 5.41) is 5.93. The summed E-state index contributed by atoms with van der Waals surface area (Å²) in [6.45, 7) is 6.03. The molecule has 0 saturated carbocycles. The number of imide groups is 1. The molecule has 38 heavy (non-hydrogen) atoms. The summed E-state index contributed by atoms with van der Waals surface area (Å²) in [6, 6.07) is 4.22. The molecule has 0 spiro atoms. The number of carbonyl (C=O) groups excluding carboxylic acids is 4. The van der Waals surface area contributed by atoms with E-state index in [2.05, 4.69) is 17.2 Å². The second-order valence-corrected chi connectivity index (χ2v) is 9.43. The van der Waals surface area contributed by atoms with Gasteiger partial charge in [0.15, 0.2) is 6.61 Å². The summed E-state index contributed by atoms with van der Waals surface area (Å²) in [5.74, 6) is -0.991. The van der Waals surface area contributed by atoms with Gasteiger partial charge in [-0.1, -0.05) is 57.2 Å². The Morgan fingerprint density at radius 3 is 2.42 bits per heavy atom. The van der Waals surface area contributed by atoms with Crippen molar-refractivity contribution in [2.75, 3.05) is 20.2 Å². The molecule has 208 valence electrons. The third-order valence-corrected chi connectivity index (χ3v) is 6.62. The normalized spacial score (nSPS) is 13.7. The van der Waals surface area contributed by atoms with E-state index in [4.69, 9.17) is 4.74 Å². The van der Waals surface area contributed by atoms with Crippen LogP contribution >= 0.6 is 0 Å². The molecule has 1 unspecified atom stereocenters. The van der Waals surface area contributed by atoms with E-state index in [0.717, 1.165) is 32.0 Å². The number of nitrogens with one attached hydrogen (secondary N) is 2. The first kappa shape index (κ1) is 30.8. The number of nitrogens with zero attached hydrogens (tertiary/aromatic N) is 1. The highest BCUT2D eigenvalue weighted by Gasteiger charge is 2.43. The Bertz CT molecular complexity index is 988. The predicted molar refractivity (Wildman–Crippen MR) is 149 cm³/mol. The lowest BCUT2D eigenvalue weighted by atomic mass is 10.1. The van der Waals surface area contributed by atoms with E-state index in [1.54, 1.807) is 25.2 Å². The molecule has 3 amide bonds. The SMILES string of the molecule is C=CCCCCCCCCCNC(=O)COc1cccc2c1C(=O)N(C(CCC=O)/C(=C/CC)NC)C2=O. The molecule has 0 bridgehead atoms. The van der Waals surface area contributed by atoms with Crippen molar-refractivity contribution in [3.05, 3.63) is 53.8 Å². The van der Waals surface area contributed by atoms with Crippen molar-refractivity contribution < 1.29 is 23.9 Å². The zero-order valence-electron chi connectivity index (χ0n) is 22.9. The van der Waals surface area contributed by atoms with Crippen molar-refractivity contribution in [3.8, 4) is 5.75 Å². The number of fused-ring (bicyclic) bond motifs is 1. The van der Waals surface area contributed by atoms with Gasteiger partial charge in [-0.15, -0.1) is 6.58 Å². The minimum Gasteiger partial charge on any atom is -0.483 e. The van der Waals surface area contributed by atoms with Gasteiger partial charge in [0.1, 0.15) is 12.0 Å². The first-order chi connectivity index (χ1) is 18.5. The lowest BCUT2D eigenvalue weighted by molar-refractivity contribution is -0.123. The van der Waals surface area contributed by atoms with Crippen LogP contribution in [0.1, 0.15) is 98.3 Å². The second kappa shape index (κ2) is 17.2. The fraction of sp³-hybridized carbons (Fsp3) is 0.533. The van der Waals surface area contributed by atoms with Crippen LogP contribution in [0, 0.1) is 0 Å². The molecule has 2 rings (SSSR count). The summed E-state index contributed by atoms with van der Waals surface area (Å²) in [6.07, 6.45) is 15.0. The predicted octanol–water partition coefficient (Wildman–Crippen LogP) is 4.95. The van der Waals surface area contributed by atoms with Crippen molar-refractivity contribution in [2.24, 2.45) is 0 Å². The number of carbonyl (C=O) groups is 4. The number of aldehydes is 1. The van der Waals surface area contributed by atoms with Crippen molar-refractivity contribution in [3.63, 3.8) is 0 Å². The average Bonchev–Trinajstić information content (AvgIpc) is 3.18. The summed E-state index contributed by atoms with van der Waals surface area (Å²) in [4.78, 5) is 51.3. The van der Waals surface area contributed by atoms with Crippen LogP contribution in [0.4, 0.5) is 0 Å². The number of ether oxygens (including phenoxy) is 1.